The summed E-state index contributed by atoms with van der Waals surface area (Å²) in [5, 5.41) is 2.62. The normalized spacial score (nSPS) is 9.90. The minimum Gasteiger partial charge on any atom is -0.497 e. The first kappa shape index (κ1) is 13.8. The highest BCUT2D eigenvalue weighted by molar-refractivity contribution is 6.46. The standard InChI is InChI=1S/C16H15NO3/c1-11-6-3-4-9-14(11)17-16(19)15(18)12-7-5-8-13(10-12)20-2/h3-10H,1-2H3,(H,17,19). The molecule has 0 aromatic heterocycles. The summed E-state index contributed by atoms with van der Waals surface area (Å²) in [6, 6.07) is 13.8. The van der Waals surface area contributed by atoms with Crippen LogP contribution >= 0.6 is 0 Å². The topological polar surface area (TPSA) is 55.4 Å². The van der Waals surface area contributed by atoms with Gasteiger partial charge in [-0.15, -0.1) is 0 Å². The Bertz CT molecular complexity index is 650. The molecule has 2 rings (SSSR count). The SMILES string of the molecule is COc1cccc(C(=O)C(=O)Nc2ccccc2C)c1. The fraction of sp³-hybridized carbons (Fsp3) is 0.125. The summed E-state index contributed by atoms with van der Waals surface area (Å²) in [6.45, 7) is 1.87. The molecule has 2 aromatic rings. The van der Waals surface area contributed by atoms with E-state index in [0.29, 0.717) is 17.0 Å². The molecule has 20 heavy (non-hydrogen) atoms. The molecule has 0 saturated carbocycles. The van der Waals surface area contributed by atoms with Crippen LogP contribution in [0.1, 0.15) is 15.9 Å². The van der Waals surface area contributed by atoms with Gasteiger partial charge in [0, 0.05) is 11.3 Å². The van der Waals surface area contributed by atoms with Crippen LogP contribution in [-0.4, -0.2) is 18.8 Å². The molecular formula is C16H15NO3. The molecule has 0 saturated heterocycles. The minimum atomic E-state index is -0.660. The number of hydrogen-bond acceptors (Lipinski definition) is 3. The summed E-state index contributed by atoms with van der Waals surface area (Å²) in [5.41, 5.74) is 1.84. The van der Waals surface area contributed by atoms with Crippen LogP contribution in [0.15, 0.2) is 48.5 Å². The summed E-state index contributed by atoms with van der Waals surface area (Å²) in [4.78, 5) is 24.0. The maximum absolute atomic E-state index is 12.1. The van der Waals surface area contributed by atoms with E-state index in [-0.39, 0.29) is 0 Å². The molecule has 4 heteroatoms. The minimum absolute atomic E-state index is 0.301. The van der Waals surface area contributed by atoms with Crippen molar-refractivity contribution in [3.8, 4) is 5.75 Å². The molecule has 0 aliphatic rings. The second-order valence-corrected chi connectivity index (χ2v) is 4.33. The number of carbonyl (C=O) groups is 2. The number of methoxy groups -OCH3 is 1. The molecule has 0 aliphatic heterocycles. The molecule has 0 spiro atoms. The van der Waals surface area contributed by atoms with Crippen LogP contribution in [0.5, 0.6) is 5.75 Å². The summed E-state index contributed by atoms with van der Waals surface area (Å²) >= 11 is 0. The lowest BCUT2D eigenvalue weighted by atomic mass is 10.1. The monoisotopic (exact) mass is 269 g/mol. The lowest BCUT2D eigenvalue weighted by molar-refractivity contribution is -0.112. The van der Waals surface area contributed by atoms with Crippen molar-refractivity contribution in [2.24, 2.45) is 0 Å². The third-order valence-corrected chi connectivity index (χ3v) is 2.93. The molecule has 2 aromatic carbocycles. The molecule has 1 amide bonds. The van der Waals surface area contributed by atoms with Gasteiger partial charge in [0.25, 0.3) is 11.7 Å². The van der Waals surface area contributed by atoms with E-state index in [1.807, 2.05) is 19.1 Å². The predicted molar refractivity (Wildman–Crippen MR) is 77.1 cm³/mol. The average molecular weight is 269 g/mol. The molecule has 102 valence electrons. The van der Waals surface area contributed by atoms with Crippen molar-refractivity contribution >= 4 is 17.4 Å². The smallest absolute Gasteiger partial charge is 0.296 e. The van der Waals surface area contributed by atoms with Gasteiger partial charge in [-0.25, -0.2) is 0 Å². The van der Waals surface area contributed by atoms with Crippen LogP contribution < -0.4 is 10.1 Å². The maximum atomic E-state index is 12.1. The average Bonchev–Trinajstić information content (AvgIpc) is 2.48. The molecule has 0 bridgehead atoms. The van der Waals surface area contributed by atoms with E-state index < -0.39 is 11.7 Å². The number of aryl methyl sites for hydroxylation is 1. The second kappa shape index (κ2) is 6.02. The Kier molecular flexibility index (Phi) is 4.15. The van der Waals surface area contributed by atoms with Crippen molar-refractivity contribution < 1.29 is 14.3 Å². The van der Waals surface area contributed by atoms with Crippen LogP contribution in [0.25, 0.3) is 0 Å². The van der Waals surface area contributed by atoms with Gasteiger partial charge in [-0.2, -0.15) is 0 Å². The maximum Gasteiger partial charge on any atom is 0.296 e. The number of ether oxygens (including phenoxy) is 1. The van der Waals surface area contributed by atoms with E-state index in [4.69, 9.17) is 4.74 Å². The Morgan fingerprint density at radius 2 is 1.80 bits per heavy atom. The fourth-order valence-corrected chi connectivity index (χ4v) is 1.79. The molecule has 0 heterocycles. The van der Waals surface area contributed by atoms with Gasteiger partial charge < -0.3 is 10.1 Å². The van der Waals surface area contributed by atoms with Gasteiger partial charge in [0.1, 0.15) is 5.75 Å². The number of anilines is 1. The Labute approximate surface area is 117 Å². The molecule has 4 nitrogen and oxygen atoms in total. The Hall–Kier alpha value is -2.62. The molecule has 1 N–H and O–H groups in total. The highest BCUT2D eigenvalue weighted by atomic mass is 16.5. The van der Waals surface area contributed by atoms with Crippen LogP contribution in [0.2, 0.25) is 0 Å². The lowest BCUT2D eigenvalue weighted by Gasteiger charge is -2.08. The van der Waals surface area contributed by atoms with Crippen LogP contribution in [0.3, 0.4) is 0 Å². The first-order valence-electron chi connectivity index (χ1n) is 6.17. The fourth-order valence-electron chi connectivity index (χ4n) is 1.79. The Morgan fingerprint density at radius 1 is 1.05 bits per heavy atom. The summed E-state index contributed by atoms with van der Waals surface area (Å²) in [6.07, 6.45) is 0. The molecular weight excluding hydrogens is 254 g/mol. The zero-order chi connectivity index (χ0) is 14.5. The molecule has 0 atom stereocenters. The van der Waals surface area contributed by atoms with Crippen LogP contribution in [0.4, 0.5) is 5.69 Å². The predicted octanol–water partition coefficient (Wildman–Crippen LogP) is 2.83. The van der Waals surface area contributed by atoms with E-state index in [1.54, 1.807) is 36.4 Å². The number of para-hydroxylation sites is 1. The lowest BCUT2D eigenvalue weighted by Crippen LogP contribution is -2.23. The largest absolute Gasteiger partial charge is 0.497 e. The second-order valence-electron chi connectivity index (χ2n) is 4.33. The quantitative estimate of drug-likeness (QED) is 0.686. The van der Waals surface area contributed by atoms with Crippen molar-refractivity contribution in [2.75, 3.05) is 12.4 Å². The first-order valence-corrected chi connectivity index (χ1v) is 6.17. The van der Waals surface area contributed by atoms with E-state index >= 15 is 0 Å². The third kappa shape index (κ3) is 3.03. The number of amides is 1. The van der Waals surface area contributed by atoms with Gasteiger partial charge in [-0.3, -0.25) is 9.59 Å². The number of ketones is 1. The van der Waals surface area contributed by atoms with Crippen molar-refractivity contribution in [1.29, 1.82) is 0 Å². The third-order valence-electron chi connectivity index (χ3n) is 2.93. The van der Waals surface area contributed by atoms with Crippen molar-refractivity contribution in [2.45, 2.75) is 6.92 Å². The van der Waals surface area contributed by atoms with Crippen LogP contribution in [-0.2, 0) is 4.79 Å². The van der Waals surface area contributed by atoms with Crippen molar-refractivity contribution in [3.63, 3.8) is 0 Å². The highest BCUT2D eigenvalue weighted by Crippen LogP contribution is 2.16. The van der Waals surface area contributed by atoms with Crippen molar-refractivity contribution in [3.05, 3.63) is 59.7 Å². The van der Waals surface area contributed by atoms with Gasteiger partial charge in [0.05, 0.1) is 7.11 Å². The van der Waals surface area contributed by atoms with Gasteiger partial charge >= 0.3 is 0 Å². The van der Waals surface area contributed by atoms with E-state index in [0.717, 1.165) is 5.56 Å². The molecule has 0 radical (unpaired) electrons. The number of benzene rings is 2. The Balaban J connectivity index is 2.17. The highest BCUT2D eigenvalue weighted by Gasteiger charge is 2.17. The number of carbonyl (C=O) groups excluding carboxylic acids is 2. The summed E-state index contributed by atoms with van der Waals surface area (Å²) in [7, 11) is 1.51. The summed E-state index contributed by atoms with van der Waals surface area (Å²) in [5.74, 6) is -0.709. The zero-order valence-corrected chi connectivity index (χ0v) is 11.3. The molecule has 0 aliphatic carbocycles. The first-order chi connectivity index (χ1) is 9.61. The van der Waals surface area contributed by atoms with E-state index in [2.05, 4.69) is 5.32 Å². The number of nitrogens with one attached hydrogen (secondary N) is 1. The van der Waals surface area contributed by atoms with E-state index in [9.17, 15) is 9.59 Å². The van der Waals surface area contributed by atoms with Gasteiger partial charge in [-0.1, -0.05) is 30.3 Å². The number of Topliss-reactive ketones (excluding diaryl/α,β-unsaturated/α-hetero) is 1. The number of hydrogen-bond donors (Lipinski definition) is 1. The van der Waals surface area contributed by atoms with E-state index in [1.165, 1.54) is 7.11 Å². The van der Waals surface area contributed by atoms with Gasteiger partial charge in [0.15, 0.2) is 0 Å². The summed E-state index contributed by atoms with van der Waals surface area (Å²) < 4.78 is 5.04. The van der Waals surface area contributed by atoms with Gasteiger partial charge in [0.2, 0.25) is 0 Å². The Morgan fingerprint density at radius 3 is 2.50 bits per heavy atom. The van der Waals surface area contributed by atoms with Gasteiger partial charge in [-0.05, 0) is 30.7 Å². The molecule has 0 unspecified atom stereocenters. The molecule has 0 fully saturated rings. The van der Waals surface area contributed by atoms with Crippen molar-refractivity contribution in [1.82, 2.24) is 0 Å². The zero-order valence-electron chi connectivity index (χ0n) is 11.3. The van der Waals surface area contributed by atoms with Crippen LogP contribution in [0, 0.1) is 6.92 Å². The number of rotatable bonds is 4.